The Hall–Kier alpha value is -3.47. The first-order valence-electron chi connectivity index (χ1n) is 9.75. The zero-order chi connectivity index (χ0) is 21.7. The number of anilines is 1. The molecule has 0 atom stereocenters. The average Bonchev–Trinajstić information content (AvgIpc) is 2.74. The van der Waals surface area contributed by atoms with Crippen LogP contribution in [-0.2, 0) is 6.61 Å². The summed E-state index contributed by atoms with van der Waals surface area (Å²) in [7, 11) is 3.20. The molecule has 156 valence electrons. The number of rotatable bonds is 7. The Kier molecular flexibility index (Phi) is 6.62. The van der Waals surface area contributed by atoms with Crippen molar-refractivity contribution < 1.29 is 19.0 Å². The number of aryl methyl sites for hydroxylation is 3. The first-order valence-corrected chi connectivity index (χ1v) is 9.75. The van der Waals surface area contributed by atoms with Crippen LogP contribution in [0.25, 0.3) is 0 Å². The number of benzene rings is 3. The van der Waals surface area contributed by atoms with Gasteiger partial charge in [0.05, 0.1) is 14.2 Å². The molecule has 0 radical (unpaired) electrons. The van der Waals surface area contributed by atoms with Gasteiger partial charge in [-0.3, -0.25) is 4.79 Å². The van der Waals surface area contributed by atoms with Crippen LogP contribution in [0.3, 0.4) is 0 Å². The third kappa shape index (κ3) is 4.74. The largest absolute Gasteiger partial charge is 0.496 e. The molecule has 0 saturated carbocycles. The number of methoxy groups -OCH3 is 2. The zero-order valence-electron chi connectivity index (χ0n) is 18.0. The predicted octanol–water partition coefficient (Wildman–Crippen LogP) is 5.46. The first-order chi connectivity index (χ1) is 14.4. The molecule has 0 bridgehead atoms. The molecule has 1 N–H and O–H groups in total. The van der Waals surface area contributed by atoms with Crippen LogP contribution >= 0.6 is 0 Å². The zero-order valence-corrected chi connectivity index (χ0v) is 18.0. The number of carbonyl (C=O) groups excluding carboxylic acids is 1. The second kappa shape index (κ2) is 9.35. The highest BCUT2D eigenvalue weighted by atomic mass is 16.5. The van der Waals surface area contributed by atoms with Gasteiger partial charge >= 0.3 is 0 Å². The maximum atomic E-state index is 12.9. The Bertz CT molecular complexity index is 1040. The molecule has 3 aromatic rings. The second-order valence-electron chi connectivity index (χ2n) is 7.19. The Labute approximate surface area is 177 Å². The number of hydrogen-bond donors (Lipinski definition) is 1. The van der Waals surface area contributed by atoms with Gasteiger partial charge in [0, 0.05) is 16.8 Å². The molecule has 30 heavy (non-hydrogen) atoms. The number of ether oxygens (including phenoxy) is 3. The highest BCUT2D eigenvalue weighted by Crippen LogP contribution is 2.29. The van der Waals surface area contributed by atoms with Gasteiger partial charge in [-0.05, 0) is 62.2 Å². The van der Waals surface area contributed by atoms with Crippen molar-refractivity contribution in [3.63, 3.8) is 0 Å². The standard InChI is InChI=1S/C25H27NO4/c1-16-12-17(2)24(18(3)13-16)26-25(27)19-10-11-21(28-4)20(14-19)15-30-23-9-7-6-8-22(23)29-5/h6-14H,15H2,1-5H3,(H,26,27). The summed E-state index contributed by atoms with van der Waals surface area (Å²) in [5.41, 5.74) is 5.39. The van der Waals surface area contributed by atoms with E-state index in [1.165, 1.54) is 5.56 Å². The number of hydrogen-bond acceptors (Lipinski definition) is 4. The molecule has 0 unspecified atom stereocenters. The molecule has 0 aliphatic rings. The summed E-state index contributed by atoms with van der Waals surface area (Å²) in [6.45, 7) is 6.28. The van der Waals surface area contributed by atoms with E-state index in [1.54, 1.807) is 32.4 Å². The van der Waals surface area contributed by atoms with Crippen LogP contribution in [0.4, 0.5) is 5.69 Å². The van der Waals surface area contributed by atoms with E-state index in [-0.39, 0.29) is 12.5 Å². The number of nitrogens with one attached hydrogen (secondary N) is 1. The molecule has 0 aliphatic heterocycles. The van der Waals surface area contributed by atoms with E-state index >= 15 is 0 Å². The molecule has 0 aliphatic carbocycles. The van der Waals surface area contributed by atoms with Gasteiger partial charge in [-0.2, -0.15) is 0 Å². The van der Waals surface area contributed by atoms with Crippen molar-refractivity contribution in [3.8, 4) is 17.2 Å². The van der Waals surface area contributed by atoms with Gasteiger partial charge in [0.1, 0.15) is 12.4 Å². The van der Waals surface area contributed by atoms with Crippen molar-refractivity contribution >= 4 is 11.6 Å². The van der Waals surface area contributed by atoms with Gasteiger partial charge in [0.15, 0.2) is 11.5 Å². The summed E-state index contributed by atoms with van der Waals surface area (Å²) >= 11 is 0. The molecule has 0 saturated heterocycles. The first kappa shape index (κ1) is 21.2. The molecule has 0 spiro atoms. The van der Waals surface area contributed by atoms with Crippen molar-refractivity contribution in [1.82, 2.24) is 0 Å². The summed E-state index contributed by atoms with van der Waals surface area (Å²) in [6.07, 6.45) is 0. The summed E-state index contributed by atoms with van der Waals surface area (Å²) in [5.74, 6) is 1.76. The second-order valence-corrected chi connectivity index (χ2v) is 7.19. The van der Waals surface area contributed by atoms with Gasteiger partial charge in [-0.15, -0.1) is 0 Å². The monoisotopic (exact) mass is 405 g/mol. The fourth-order valence-corrected chi connectivity index (χ4v) is 3.49. The minimum Gasteiger partial charge on any atom is -0.496 e. The van der Waals surface area contributed by atoms with Crippen LogP contribution < -0.4 is 19.5 Å². The van der Waals surface area contributed by atoms with E-state index in [0.29, 0.717) is 22.8 Å². The molecule has 0 fully saturated rings. The topological polar surface area (TPSA) is 56.8 Å². The van der Waals surface area contributed by atoms with Gasteiger partial charge in [-0.1, -0.05) is 29.8 Å². The SMILES string of the molecule is COc1ccc(C(=O)Nc2c(C)cc(C)cc2C)cc1COc1ccccc1OC. The van der Waals surface area contributed by atoms with Crippen molar-refractivity contribution in [3.05, 3.63) is 82.4 Å². The third-order valence-electron chi connectivity index (χ3n) is 4.91. The molecular weight excluding hydrogens is 378 g/mol. The quantitative estimate of drug-likeness (QED) is 0.567. The van der Waals surface area contributed by atoms with Crippen molar-refractivity contribution in [1.29, 1.82) is 0 Å². The highest BCUT2D eigenvalue weighted by molar-refractivity contribution is 6.05. The molecule has 0 aromatic heterocycles. The minimum atomic E-state index is -0.175. The van der Waals surface area contributed by atoms with E-state index in [1.807, 2.05) is 45.0 Å². The number of amides is 1. The van der Waals surface area contributed by atoms with E-state index in [2.05, 4.69) is 17.4 Å². The Morgan fingerprint density at radius 2 is 1.47 bits per heavy atom. The summed E-state index contributed by atoms with van der Waals surface area (Å²) in [4.78, 5) is 12.9. The summed E-state index contributed by atoms with van der Waals surface area (Å²) in [5, 5.41) is 3.04. The lowest BCUT2D eigenvalue weighted by Gasteiger charge is -2.15. The molecule has 0 heterocycles. The third-order valence-corrected chi connectivity index (χ3v) is 4.91. The maximum Gasteiger partial charge on any atom is 0.255 e. The van der Waals surface area contributed by atoms with E-state index in [4.69, 9.17) is 14.2 Å². The van der Waals surface area contributed by atoms with Crippen molar-refractivity contribution in [2.75, 3.05) is 19.5 Å². The van der Waals surface area contributed by atoms with Crippen LogP contribution in [-0.4, -0.2) is 20.1 Å². The van der Waals surface area contributed by atoms with E-state index in [9.17, 15) is 4.79 Å². The molecule has 3 rings (SSSR count). The average molecular weight is 405 g/mol. The van der Waals surface area contributed by atoms with Crippen LogP contribution in [0.1, 0.15) is 32.6 Å². The molecule has 1 amide bonds. The Morgan fingerprint density at radius 3 is 2.10 bits per heavy atom. The normalized spacial score (nSPS) is 10.4. The number of carbonyl (C=O) groups is 1. The van der Waals surface area contributed by atoms with Gasteiger partial charge in [-0.25, -0.2) is 0 Å². The lowest BCUT2D eigenvalue weighted by atomic mass is 10.0. The van der Waals surface area contributed by atoms with Crippen LogP contribution in [0.2, 0.25) is 0 Å². The molecule has 5 nitrogen and oxygen atoms in total. The predicted molar refractivity (Wildman–Crippen MR) is 119 cm³/mol. The summed E-state index contributed by atoms with van der Waals surface area (Å²) < 4.78 is 16.7. The van der Waals surface area contributed by atoms with Crippen LogP contribution in [0.5, 0.6) is 17.2 Å². The van der Waals surface area contributed by atoms with Crippen molar-refractivity contribution in [2.45, 2.75) is 27.4 Å². The van der Waals surface area contributed by atoms with Gasteiger partial charge in [0.2, 0.25) is 0 Å². The molecular formula is C25H27NO4. The van der Waals surface area contributed by atoms with Crippen LogP contribution in [0, 0.1) is 20.8 Å². The Balaban J connectivity index is 1.82. The van der Waals surface area contributed by atoms with Gasteiger partial charge < -0.3 is 19.5 Å². The van der Waals surface area contributed by atoms with Crippen LogP contribution in [0.15, 0.2) is 54.6 Å². The molecule has 3 aromatic carbocycles. The fourth-order valence-electron chi connectivity index (χ4n) is 3.49. The fraction of sp³-hybridized carbons (Fsp3) is 0.240. The van der Waals surface area contributed by atoms with Crippen molar-refractivity contribution in [2.24, 2.45) is 0 Å². The van der Waals surface area contributed by atoms with E-state index < -0.39 is 0 Å². The lowest BCUT2D eigenvalue weighted by molar-refractivity contribution is 0.102. The van der Waals surface area contributed by atoms with E-state index in [0.717, 1.165) is 22.4 Å². The molecule has 5 heteroatoms. The highest BCUT2D eigenvalue weighted by Gasteiger charge is 2.14. The number of para-hydroxylation sites is 2. The maximum absolute atomic E-state index is 12.9. The smallest absolute Gasteiger partial charge is 0.255 e. The van der Waals surface area contributed by atoms with Gasteiger partial charge in [0.25, 0.3) is 5.91 Å². The lowest BCUT2D eigenvalue weighted by Crippen LogP contribution is -2.14. The minimum absolute atomic E-state index is 0.175. The Morgan fingerprint density at radius 1 is 0.833 bits per heavy atom. The summed E-state index contributed by atoms with van der Waals surface area (Å²) in [6, 6.07) is 16.9.